The van der Waals surface area contributed by atoms with Crippen molar-refractivity contribution in [2.75, 3.05) is 18.0 Å². The third-order valence-corrected chi connectivity index (χ3v) is 3.88. The number of aromatic carboxylic acids is 1. The largest absolute Gasteiger partial charge is 0.476 e. The minimum Gasteiger partial charge on any atom is -0.476 e. The summed E-state index contributed by atoms with van der Waals surface area (Å²) in [6, 6.07) is 5.54. The molecule has 1 saturated heterocycles. The van der Waals surface area contributed by atoms with Gasteiger partial charge in [-0.2, -0.15) is 0 Å². The van der Waals surface area contributed by atoms with E-state index in [0.717, 1.165) is 13.1 Å². The first-order valence-electron chi connectivity index (χ1n) is 7.01. The number of hydrogen-bond donors (Lipinski definition) is 1. The molecule has 3 rings (SSSR count). The molecule has 2 aromatic rings. The second-order valence-electron chi connectivity index (χ2n) is 5.87. The minimum absolute atomic E-state index is 0.266. The lowest BCUT2D eigenvalue weighted by molar-refractivity contribution is 0.0690. The fourth-order valence-electron chi connectivity index (χ4n) is 3.24. The van der Waals surface area contributed by atoms with Gasteiger partial charge >= 0.3 is 5.97 Å². The molecule has 1 aliphatic heterocycles. The van der Waals surface area contributed by atoms with Crippen LogP contribution in [0.25, 0.3) is 5.65 Å². The Hall–Kier alpha value is -2.04. The molecular weight excluding hydrogens is 254 g/mol. The highest BCUT2D eigenvalue weighted by Gasteiger charge is 2.28. The fraction of sp³-hybridized carbons (Fsp3) is 0.467. The third-order valence-electron chi connectivity index (χ3n) is 3.88. The Morgan fingerprint density at radius 3 is 2.65 bits per heavy atom. The summed E-state index contributed by atoms with van der Waals surface area (Å²) in [4.78, 5) is 18.3. The molecule has 0 amide bonds. The van der Waals surface area contributed by atoms with Gasteiger partial charge in [-0.1, -0.05) is 19.9 Å². The van der Waals surface area contributed by atoms with Crippen LogP contribution in [-0.2, 0) is 0 Å². The Kier molecular flexibility index (Phi) is 3.12. The molecule has 0 aromatic carbocycles. The van der Waals surface area contributed by atoms with E-state index >= 15 is 0 Å². The molecule has 0 aliphatic carbocycles. The molecule has 5 heteroatoms. The van der Waals surface area contributed by atoms with Crippen LogP contribution in [0, 0.1) is 11.8 Å². The molecule has 1 N–H and O–H groups in total. The number of anilines is 1. The van der Waals surface area contributed by atoms with Gasteiger partial charge in [0, 0.05) is 19.3 Å². The molecule has 2 unspecified atom stereocenters. The Bertz CT molecular complexity index is 640. The lowest BCUT2D eigenvalue weighted by Crippen LogP contribution is -2.39. The average Bonchev–Trinajstić information content (AvgIpc) is 2.76. The molecule has 106 valence electrons. The summed E-state index contributed by atoms with van der Waals surface area (Å²) < 4.78 is 1.65. The van der Waals surface area contributed by atoms with Crippen molar-refractivity contribution < 1.29 is 9.90 Å². The van der Waals surface area contributed by atoms with Gasteiger partial charge in [0.1, 0.15) is 5.65 Å². The first-order chi connectivity index (χ1) is 9.56. The van der Waals surface area contributed by atoms with Crippen molar-refractivity contribution in [1.29, 1.82) is 0 Å². The van der Waals surface area contributed by atoms with Crippen molar-refractivity contribution in [3.05, 3.63) is 30.1 Å². The first-order valence-corrected chi connectivity index (χ1v) is 7.01. The zero-order chi connectivity index (χ0) is 14.3. The molecule has 2 aromatic heterocycles. The Morgan fingerprint density at radius 2 is 2.00 bits per heavy atom. The fourth-order valence-corrected chi connectivity index (χ4v) is 3.24. The van der Waals surface area contributed by atoms with Crippen LogP contribution in [0.3, 0.4) is 0 Å². The van der Waals surface area contributed by atoms with Gasteiger partial charge in [0.25, 0.3) is 0 Å². The zero-order valence-electron chi connectivity index (χ0n) is 11.8. The van der Waals surface area contributed by atoms with Crippen LogP contribution in [-0.4, -0.2) is 33.6 Å². The molecule has 0 radical (unpaired) electrons. The predicted octanol–water partition coefficient (Wildman–Crippen LogP) is 2.51. The van der Waals surface area contributed by atoms with E-state index in [-0.39, 0.29) is 5.69 Å². The zero-order valence-corrected chi connectivity index (χ0v) is 11.8. The number of carboxylic acid groups (broad SMARTS) is 1. The van der Waals surface area contributed by atoms with Crippen molar-refractivity contribution in [3.63, 3.8) is 0 Å². The minimum atomic E-state index is -0.926. The third kappa shape index (κ3) is 2.13. The van der Waals surface area contributed by atoms with Crippen molar-refractivity contribution >= 4 is 17.4 Å². The molecule has 2 atom stereocenters. The van der Waals surface area contributed by atoms with Gasteiger partial charge in [-0.05, 0) is 30.4 Å². The van der Waals surface area contributed by atoms with E-state index in [0.29, 0.717) is 23.3 Å². The van der Waals surface area contributed by atoms with Gasteiger partial charge in [0.05, 0.1) is 0 Å². The molecule has 1 aliphatic rings. The predicted molar refractivity (Wildman–Crippen MR) is 77.3 cm³/mol. The van der Waals surface area contributed by atoms with Gasteiger partial charge in [0.2, 0.25) is 0 Å². The number of nitrogens with zero attached hydrogens (tertiary/aromatic N) is 3. The van der Waals surface area contributed by atoms with E-state index in [1.54, 1.807) is 10.6 Å². The van der Waals surface area contributed by atoms with E-state index in [9.17, 15) is 9.90 Å². The second-order valence-corrected chi connectivity index (χ2v) is 5.87. The average molecular weight is 273 g/mol. The molecular formula is C15H19N3O2. The number of piperidine rings is 1. The van der Waals surface area contributed by atoms with E-state index in [1.165, 1.54) is 6.42 Å². The summed E-state index contributed by atoms with van der Waals surface area (Å²) >= 11 is 0. The molecule has 3 heterocycles. The van der Waals surface area contributed by atoms with Gasteiger partial charge in [0.15, 0.2) is 11.5 Å². The highest BCUT2D eigenvalue weighted by atomic mass is 16.4. The standard InChI is InChI=1S/C15H19N3O2/c1-10-7-11(2)9-17(8-10)14-13(15(19)20)18-6-4-3-5-12(18)16-14/h3-6,10-11H,7-9H2,1-2H3,(H,19,20). The van der Waals surface area contributed by atoms with E-state index < -0.39 is 5.97 Å². The molecule has 0 spiro atoms. The van der Waals surface area contributed by atoms with Crippen LogP contribution in [0.15, 0.2) is 24.4 Å². The number of carbonyl (C=O) groups is 1. The Balaban J connectivity index is 2.10. The summed E-state index contributed by atoms with van der Waals surface area (Å²) in [7, 11) is 0. The van der Waals surface area contributed by atoms with Gasteiger partial charge in [-0.15, -0.1) is 0 Å². The van der Waals surface area contributed by atoms with Crippen LogP contribution in [0.2, 0.25) is 0 Å². The maximum atomic E-state index is 11.6. The van der Waals surface area contributed by atoms with Crippen LogP contribution in [0.4, 0.5) is 5.82 Å². The number of hydrogen-bond acceptors (Lipinski definition) is 3. The first kappa shape index (κ1) is 13.0. The van der Waals surface area contributed by atoms with Crippen molar-refractivity contribution in [2.24, 2.45) is 11.8 Å². The summed E-state index contributed by atoms with van der Waals surface area (Å²) in [5.41, 5.74) is 0.952. The topological polar surface area (TPSA) is 57.8 Å². The highest BCUT2D eigenvalue weighted by Crippen LogP contribution is 2.29. The van der Waals surface area contributed by atoms with Crippen LogP contribution in [0.1, 0.15) is 30.8 Å². The SMILES string of the molecule is CC1CC(C)CN(c2nc3ccccn3c2C(=O)O)C1. The van der Waals surface area contributed by atoms with Crippen molar-refractivity contribution in [1.82, 2.24) is 9.38 Å². The summed E-state index contributed by atoms with van der Waals surface area (Å²) in [5, 5.41) is 9.53. The molecule has 0 bridgehead atoms. The van der Waals surface area contributed by atoms with E-state index in [1.807, 2.05) is 18.2 Å². The number of fused-ring (bicyclic) bond motifs is 1. The number of rotatable bonds is 2. The number of aromatic nitrogens is 2. The maximum absolute atomic E-state index is 11.6. The normalized spacial score (nSPS) is 23.2. The van der Waals surface area contributed by atoms with E-state index in [2.05, 4.69) is 23.7 Å². The number of pyridine rings is 1. The summed E-state index contributed by atoms with van der Waals surface area (Å²) in [5.74, 6) is 0.794. The Morgan fingerprint density at radius 1 is 1.30 bits per heavy atom. The van der Waals surface area contributed by atoms with Crippen molar-refractivity contribution in [2.45, 2.75) is 20.3 Å². The van der Waals surface area contributed by atoms with Crippen LogP contribution >= 0.6 is 0 Å². The monoisotopic (exact) mass is 273 g/mol. The quantitative estimate of drug-likeness (QED) is 0.913. The smallest absolute Gasteiger partial charge is 0.356 e. The molecule has 1 fully saturated rings. The van der Waals surface area contributed by atoms with Crippen LogP contribution in [0.5, 0.6) is 0 Å². The number of carboxylic acids is 1. The van der Waals surface area contributed by atoms with Gasteiger partial charge in [-0.25, -0.2) is 9.78 Å². The molecule has 20 heavy (non-hydrogen) atoms. The summed E-state index contributed by atoms with van der Waals surface area (Å²) in [6.45, 7) is 6.15. The molecule has 0 saturated carbocycles. The molecule has 5 nitrogen and oxygen atoms in total. The van der Waals surface area contributed by atoms with Crippen LogP contribution < -0.4 is 4.90 Å². The second kappa shape index (κ2) is 4.81. The lowest BCUT2D eigenvalue weighted by Gasteiger charge is -2.35. The highest BCUT2D eigenvalue weighted by molar-refractivity contribution is 5.93. The van der Waals surface area contributed by atoms with Crippen molar-refractivity contribution in [3.8, 4) is 0 Å². The summed E-state index contributed by atoms with van der Waals surface area (Å²) in [6.07, 6.45) is 2.94. The lowest BCUT2D eigenvalue weighted by atomic mass is 9.92. The van der Waals surface area contributed by atoms with E-state index in [4.69, 9.17) is 0 Å². The maximum Gasteiger partial charge on any atom is 0.356 e. The number of imidazole rings is 1. The van der Waals surface area contributed by atoms with Gasteiger partial charge < -0.3 is 10.0 Å². The Labute approximate surface area is 117 Å². The van der Waals surface area contributed by atoms with Gasteiger partial charge in [-0.3, -0.25) is 4.40 Å².